The molecule has 112 valence electrons. The van der Waals surface area contributed by atoms with Crippen LogP contribution >= 0.6 is 0 Å². The minimum atomic E-state index is -0.891. The zero-order chi connectivity index (χ0) is 15.0. The maximum absolute atomic E-state index is 11.5. The van der Waals surface area contributed by atoms with Gasteiger partial charge in [-0.3, -0.25) is 9.79 Å². The molecule has 0 bridgehead atoms. The van der Waals surface area contributed by atoms with Gasteiger partial charge in [-0.15, -0.1) is 0 Å². The van der Waals surface area contributed by atoms with Crippen molar-refractivity contribution in [3.05, 3.63) is 0 Å². The number of nitriles is 1. The van der Waals surface area contributed by atoms with Crippen LogP contribution in [0.25, 0.3) is 0 Å². The van der Waals surface area contributed by atoms with E-state index in [4.69, 9.17) is 10.00 Å². The summed E-state index contributed by atoms with van der Waals surface area (Å²) >= 11 is 0. The number of nitrogens with zero attached hydrogens (tertiary/aromatic N) is 3. The van der Waals surface area contributed by atoms with Crippen LogP contribution in [0, 0.1) is 17.2 Å². The van der Waals surface area contributed by atoms with E-state index in [-0.39, 0.29) is 12.1 Å². The molecule has 1 rings (SSSR count). The lowest BCUT2D eigenvalue weighted by Gasteiger charge is -2.42. The molecule has 0 aromatic carbocycles. The van der Waals surface area contributed by atoms with Crippen molar-refractivity contribution in [2.75, 3.05) is 27.2 Å². The Morgan fingerprint density at radius 1 is 1.45 bits per heavy atom. The standard InChI is InChI=1S/C15H25N3O2/c1-4-20-14(19)13(10-16)11-17-12-15(18(2)3)8-6-5-7-9-15/h11,13H,4-9,12H2,1-3H3/t13-/m1/s1. The molecule has 0 N–H and O–H groups in total. The number of carbonyl (C=O) groups is 1. The van der Waals surface area contributed by atoms with E-state index in [1.54, 1.807) is 6.92 Å². The van der Waals surface area contributed by atoms with E-state index < -0.39 is 11.9 Å². The molecule has 20 heavy (non-hydrogen) atoms. The fraction of sp³-hybridized carbons (Fsp3) is 0.800. The average molecular weight is 279 g/mol. The van der Waals surface area contributed by atoms with Crippen LogP contribution in [0.15, 0.2) is 4.99 Å². The molecule has 5 nitrogen and oxygen atoms in total. The first-order chi connectivity index (χ1) is 9.55. The van der Waals surface area contributed by atoms with Crippen molar-refractivity contribution in [3.63, 3.8) is 0 Å². The van der Waals surface area contributed by atoms with Gasteiger partial charge in [0.05, 0.1) is 19.2 Å². The number of rotatable bonds is 6. The van der Waals surface area contributed by atoms with E-state index in [0.29, 0.717) is 6.54 Å². The molecule has 0 unspecified atom stereocenters. The summed E-state index contributed by atoms with van der Waals surface area (Å²) in [5, 5.41) is 8.98. The largest absolute Gasteiger partial charge is 0.465 e. The molecule has 5 heteroatoms. The zero-order valence-electron chi connectivity index (χ0n) is 12.8. The third-order valence-corrected chi connectivity index (χ3v) is 4.05. The number of hydrogen-bond acceptors (Lipinski definition) is 5. The highest BCUT2D eigenvalue weighted by Crippen LogP contribution is 2.32. The number of carbonyl (C=O) groups excluding carboxylic acids is 1. The first-order valence-electron chi connectivity index (χ1n) is 7.29. The molecular formula is C15H25N3O2. The molecule has 1 atom stereocenters. The Morgan fingerprint density at radius 2 is 2.10 bits per heavy atom. The van der Waals surface area contributed by atoms with Gasteiger partial charge in [0.25, 0.3) is 0 Å². The molecule has 0 radical (unpaired) electrons. The van der Waals surface area contributed by atoms with Crippen molar-refractivity contribution in [2.24, 2.45) is 10.9 Å². The number of ether oxygens (including phenoxy) is 1. The summed E-state index contributed by atoms with van der Waals surface area (Å²) in [6.07, 6.45) is 7.39. The Labute approximate surface area is 121 Å². The summed E-state index contributed by atoms with van der Waals surface area (Å²) in [6, 6.07) is 1.93. The van der Waals surface area contributed by atoms with Crippen molar-refractivity contribution in [1.29, 1.82) is 5.26 Å². The molecule has 0 amide bonds. The minimum absolute atomic E-state index is 0.0728. The monoisotopic (exact) mass is 279 g/mol. The summed E-state index contributed by atoms with van der Waals surface area (Å²) < 4.78 is 4.85. The molecule has 0 aromatic heterocycles. The predicted octanol–water partition coefficient (Wildman–Crippen LogP) is 2.02. The van der Waals surface area contributed by atoms with Gasteiger partial charge in [-0.1, -0.05) is 19.3 Å². The fourth-order valence-electron chi connectivity index (χ4n) is 2.66. The van der Waals surface area contributed by atoms with Gasteiger partial charge in [-0.2, -0.15) is 5.26 Å². The number of likely N-dealkylation sites (N-methyl/N-ethyl adjacent to an activating group) is 1. The normalized spacial score (nSPS) is 19.8. The van der Waals surface area contributed by atoms with Gasteiger partial charge in [0.1, 0.15) is 0 Å². The number of aliphatic imine (C=N–C) groups is 1. The fourth-order valence-corrected chi connectivity index (χ4v) is 2.66. The average Bonchev–Trinajstić information content (AvgIpc) is 2.44. The Balaban J connectivity index is 2.64. The summed E-state index contributed by atoms with van der Waals surface area (Å²) in [7, 11) is 4.15. The van der Waals surface area contributed by atoms with Crippen molar-refractivity contribution >= 4 is 12.2 Å². The second kappa shape index (κ2) is 8.01. The molecule has 0 saturated heterocycles. The van der Waals surface area contributed by atoms with Gasteiger partial charge in [-0.25, -0.2) is 0 Å². The zero-order valence-corrected chi connectivity index (χ0v) is 12.8. The highest BCUT2D eigenvalue weighted by molar-refractivity contribution is 5.92. The maximum Gasteiger partial charge on any atom is 0.328 e. The van der Waals surface area contributed by atoms with Gasteiger partial charge in [0, 0.05) is 11.8 Å². The van der Waals surface area contributed by atoms with Crippen LogP contribution in [0.3, 0.4) is 0 Å². The lowest BCUT2D eigenvalue weighted by Crippen LogP contribution is -2.48. The van der Waals surface area contributed by atoms with Crippen LogP contribution in [0.5, 0.6) is 0 Å². The summed E-state index contributed by atoms with van der Waals surface area (Å²) in [5.74, 6) is -1.40. The Morgan fingerprint density at radius 3 is 2.60 bits per heavy atom. The van der Waals surface area contributed by atoms with Gasteiger partial charge in [0.15, 0.2) is 5.92 Å². The van der Waals surface area contributed by atoms with Crippen LogP contribution < -0.4 is 0 Å². The van der Waals surface area contributed by atoms with E-state index in [1.807, 2.05) is 6.07 Å². The van der Waals surface area contributed by atoms with E-state index in [1.165, 1.54) is 25.5 Å². The molecule has 1 aliphatic carbocycles. The number of esters is 1. The van der Waals surface area contributed by atoms with Crippen LogP contribution in [-0.2, 0) is 9.53 Å². The minimum Gasteiger partial charge on any atom is -0.465 e. The molecule has 0 heterocycles. The third kappa shape index (κ3) is 4.31. The molecule has 1 saturated carbocycles. The second-order valence-corrected chi connectivity index (χ2v) is 5.53. The highest BCUT2D eigenvalue weighted by Gasteiger charge is 2.33. The van der Waals surface area contributed by atoms with Crippen LogP contribution in [0.1, 0.15) is 39.0 Å². The summed E-state index contributed by atoms with van der Waals surface area (Å²) in [6.45, 7) is 2.65. The molecule has 1 fully saturated rings. The van der Waals surface area contributed by atoms with Crippen molar-refractivity contribution < 1.29 is 9.53 Å². The van der Waals surface area contributed by atoms with Gasteiger partial charge >= 0.3 is 5.97 Å². The first kappa shape index (κ1) is 16.6. The Bertz CT molecular complexity index is 379. The summed E-state index contributed by atoms with van der Waals surface area (Å²) in [4.78, 5) is 18.1. The highest BCUT2D eigenvalue weighted by atomic mass is 16.5. The quantitative estimate of drug-likeness (QED) is 0.551. The molecule has 0 spiro atoms. The number of hydrogen-bond donors (Lipinski definition) is 0. The lowest BCUT2D eigenvalue weighted by molar-refractivity contribution is -0.143. The summed E-state index contributed by atoms with van der Waals surface area (Å²) in [5.41, 5.74) is 0.0728. The van der Waals surface area contributed by atoms with Gasteiger partial charge in [0.2, 0.25) is 0 Å². The van der Waals surface area contributed by atoms with Crippen LogP contribution in [-0.4, -0.2) is 49.9 Å². The van der Waals surface area contributed by atoms with Crippen molar-refractivity contribution in [3.8, 4) is 6.07 Å². The third-order valence-electron chi connectivity index (χ3n) is 4.05. The van der Waals surface area contributed by atoms with E-state index in [2.05, 4.69) is 24.0 Å². The lowest BCUT2D eigenvalue weighted by atomic mass is 9.81. The predicted molar refractivity (Wildman–Crippen MR) is 78.6 cm³/mol. The smallest absolute Gasteiger partial charge is 0.328 e. The van der Waals surface area contributed by atoms with Gasteiger partial charge in [-0.05, 0) is 33.9 Å². The molecular weight excluding hydrogens is 254 g/mol. The maximum atomic E-state index is 11.5. The Kier molecular flexibility index (Phi) is 6.66. The second-order valence-electron chi connectivity index (χ2n) is 5.53. The van der Waals surface area contributed by atoms with Crippen LogP contribution in [0.2, 0.25) is 0 Å². The van der Waals surface area contributed by atoms with E-state index in [9.17, 15) is 4.79 Å². The van der Waals surface area contributed by atoms with E-state index >= 15 is 0 Å². The van der Waals surface area contributed by atoms with Crippen LogP contribution in [0.4, 0.5) is 0 Å². The van der Waals surface area contributed by atoms with Gasteiger partial charge < -0.3 is 9.64 Å². The molecule has 1 aliphatic rings. The van der Waals surface area contributed by atoms with E-state index in [0.717, 1.165) is 12.8 Å². The SMILES string of the molecule is CCOC(=O)[C@H](C#N)C=NCC1(N(C)C)CCCCC1. The van der Waals surface area contributed by atoms with Crippen molar-refractivity contribution in [1.82, 2.24) is 4.90 Å². The Hall–Kier alpha value is -1.41. The topological polar surface area (TPSA) is 65.7 Å². The first-order valence-corrected chi connectivity index (χ1v) is 7.29. The van der Waals surface area contributed by atoms with Crippen molar-refractivity contribution in [2.45, 2.75) is 44.6 Å². The molecule has 0 aromatic rings. The molecule has 0 aliphatic heterocycles.